The summed E-state index contributed by atoms with van der Waals surface area (Å²) < 4.78 is 64.9. The third-order valence-electron chi connectivity index (χ3n) is 5.36. The molecule has 0 saturated carbocycles. The molecule has 2 aromatic heterocycles. The number of benzene rings is 2. The molecule has 4 aromatic rings. The van der Waals surface area contributed by atoms with E-state index in [2.05, 4.69) is 20.6 Å². The van der Waals surface area contributed by atoms with Gasteiger partial charge in [-0.1, -0.05) is 0 Å². The van der Waals surface area contributed by atoms with E-state index in [1.54, 1.807) is 19.2 Å². The van der Waals surface area contributed by atoms with Gasteiger partial charge in [0.05, 0.1) is 19.7 Å². The number of rotatable bonds is 10. The van der Waals surface area contributed by atoms with Gasteiger partial charge in [0.15, 0.2) is 28.9 Å². The lowest BCUT2D eigenvalue weighted by atomic mass is 10.1. The van der Waals surface area contributed by atoms with E-state index in [0.717, 1.165) is 24.4 Å². The molecule has 0 atom stereocenters. The van der Waals surface area contributed by atoms with E-state index in [1.807, 2.05) is 0 Å². The minimum absolute atomic E-state index is 0. The number of methoxy groups -OCH3 is 2. The lowest BCUT2D eigenvalue weighted by molar-refractivity contribution is 0.102. The van der Waals surface area contributed by atoms with Crippen molar-refractivity contribution in [2.24, 2.45) is 0 Å². The van der Waals surface area contributed by atoms with E-state index < -0.39 is 29.2 Å². The molecule has 2 N–H and O–H groups in total. The number of hydrogen-bond acceptors (Lipinski definition) is 8. The Morgan fingerprint density at radius 1 is 0.923 bits per heavy atom. The highest BCUT2D eigenvalue weighted by atomic mass is 35.5. The fraction of sp³-hybridized carbons (Fsp3) is 0.192. The van der Waals surface area contributed by atoms with Crippen molar-refractivity contribution < 1.29 is 36.9 Å². The molecule has 0 radical (unpaired) electrons. The van der Waals surface area contributed by atoms with Gasteiger partial charge in [0, 0.05) is 54.3 Å². The van der Waals surface area contributed by atoms with E-state index in [1.165, 1.54) is 26.5 Å². The second-order valence-corrected chi connectivity index (χ2v) is 7.81. The van der Waals surface area contributed by atoms with Crippen molar-refractivity contribution in [2.45, 2.75) is 0 Å². The fourth-order valence-corrected chi connectivity index (χ4v) is 3.54. The van der Waals surface area contributed by atoms with Gasteiger partial charge in [0.1, 0.15) is 23.7 Å². The van der Waals surface area contributed by atoms with Crippen LogP contribution in [0.4, 0.5) is 18.9 Å². The molecule has 1 amide bonds. The van der Waals surface area contributed by atoms with Gasteiger partial charge >= 0.3 is 0 Å². The largest absolute Gasteiger partial charge is 0.496 e. The molecule has 39 heavy (non-hydrogen) atoms. The van der Waals surface area contributed by atoms with Gasteiger partial charge in [-0.2, -0.15) is 4.39 Å². The molecule has 0 saturated heterocycles. The molecule has 0 unspecified atom stereocenters. The zero-order valence-corrected chi connectivity index (χ0v) is 21.8. The SMILES string of the molecule is CNCCOc1cc2nccc(Oc3c(F)cc(NC(=O)c4cnc(F)cc4OC)cc3F)c2cc1OC.Cl. The van der Waals surface area contributed by atoms with E-state index in [9.17, 15) is 18.0 Å². The molecule has 0 aliphatic rings. The summed E-state index contributed by atoms with van der Waals surface area (Å²) in [5.74, 6) is -3.64. The van der Waals surface area contributed by atoms with Crippen molar-refractivity contribution in [3.05, 3.63) is 71.9 Å². The molecule has 0 bridgehead atoms. The first kappa shape index (κ1) is 29.3. The summed E-state index contributed by atoms with van der Waals surface area (Å²) in [7, 11) is 4.51. The van der Waals surface area contributed by atoms with Crippen molar-refractivity contribution in [2.75, 3.05) is 39.7 Å². The minimum atomic E-state index is -1.08. The standard InChI is InChI=1S/C26H23F3N4O5.ClH/c1-30-6-7-37-23-11-19-15(10-22(23)36-3)20(4-5-31-19)38-25-17(27)8-14(9-18(25)28)33-26(34)16-13-32-24(29)12-21(16)35-2;/h4-5,8-13,30H,6-7H2,1-3H3,(H,33,34);1H. The predicted molar refractivity (Wildman–Crippen MR) is 140 cm³/mol. The Kier molecular flexibility index (Phi) is 9.74. The number of hydrogen-bond donors (Lipinski definition) is 2. The third kappa shape index (κ3) is 6.59. The number of fused-ring (bicyclic) bond motifs is 1. The second kappa shape index (κ2) is 13.0. The van der Waals surface area contributed by atoms with Crippen molar-refractivity contribution in [3.8, 4) is 28.7 Å². The quantitative estimate of drug-likeness (QED) is 0.202. The Labute approximate surface area is 227 Å². The molecule has 0 aliphatic carbocycles. The molecule has 2 heterocycles. The molecule has 0 fully saturated rings. The second-order valence-electron chi connectivity index (χ2n) is 7.81. The van der Waals surface area contributed by atoms with Gasteiger partial charge < -0.3 is 29.6 Å². The summed E-state index contributed by atoms with van der Waals surface area (Å²) in [6.07, 6.45) is 2.38. The Hall–Kier alpha value is -4.29. The number of aromatic nitrogens is 2. The Bertz CT molecular complexity index is 1470. The summed E-state index contributed by atoms with van der Waals surface area (Å²) in [5, 5.41) is 5.73. The zero-order chi connectivity index (χ0) is 27.2. The van der Waals surface area contributed by atoms with Crippen molar-refractivity contribution in [1.82, 2.24) is 15.3 Å². The summed E-state index contributed by atoms with van der Waals surface area (Å²) >= 11 is 0. The number of halogens is 4. The van der Waals surface area contributed by atoms with Crippen molar-refractivity contribution in [1.29, 1.82) is 0 Å². The van der Waals surface area contributed by atoms with Crippen LogP contribution < -0.4 is 29.6 Å². The fourth-order valence-electron chi connectivity index (χ4n) is 3.54. The molecular formula is C26H24ClF3N4O5. The first-order valence-corrected chi connectivity index (χ1v) is 11.3. The highest BCUT2D eigenvalue weighted by molar-refractivity contribution is 6.06. The molecule has 2 aromatic carbocycles. The first-order valence-electron chi connectivity index (χ1n) is 11.3. The number of carbonyl (C=O) groups is 1. The average molecular weight is 565 g/mol. The number of ether oxygens (including phenoxy) is 4. The van der Waals surface area contributed by atoms with Crippen LogP contribution in [-0.2, 0) is 0 Å². The first-order chi connectivity index (χ1) is 18.3. The van der Waals surface area contributed by atoms with Gasteiger partial charge in [-0.3, -0.25) is 9.78 Å². The Morgan fingerprint density at radius 3 is 2.31 bits per heavy atom. The van der Waals surface area contributed by atoms with Crippen LogP contribution in [0.5, 0.6) is 28.7 Å². The summed E-state index contributed by atoms with van der Waals surface area (Å²) in [5.41, 5.74) is 0.129. The number of carbonyl (C=O) groups excluding carboxylic acids is 1. The number of anilines is 1. The van der Waals surface area contributed by atoms with E-state index >= 15 is 0 Å². The average Bonchev–Trinajstić information content (AvgIpc) is 2.90. The van der Waals surface area contributed by atoms with E-state index in [-0.39, 0.29) is 35.2 Å². The van der Waals surface area contributed by atoms with Crippen LogP contribution in [0.15, 0.2) is 48.8 Å². The molecule has 206 valence electrons. The third-order valence-corrected chi connectivity index (χ3v) is 5.36. The summed E-state index contributed by atoms with van der Waals surface area (Å²) in [6.45, 7) is 0.999. The van der Waals surface area contributed by atoms with Crippen LogP contribution in [-0.4, -0.2) is 50.3 Å². The van der Waals surface area contributed by atoms with Crippen LogP contribution in [0.25, 0.3) is 10.9 Å². The lowest BCUT2D eigenvalue weighted by Crippen LogP contribution is -2.16. The molecular weight excluding hydrogens is 541 g/mol. The molecule has 0 spiro atoms. The van der Waals surface area contributed by atoms with E-state index in [4.69, 9.17) is 18.9 Å². The topological polar surface area (TPSA) is 104 Å². The molecule has 0 aliphatic heterocycles. The van der Waals surface area contributed by atoms with Crippen LogP contribution in [0, 0.1) is 17.6 Å². The van der Waals surface area contributed by atoms with Crippen LogP contribution >= 0.6 is 12.4 Å². The number of likely N-dealkylation sites (N-methyl/N-ethyl adjacent to an activating group) is 1. The Balaban J connectivity index is 0.00000420. The van der Waals surface area contributed by atoms with Crippen LogP contribution in [0.1, 0.15) is 10.4 Å². The highest BCUT2D eigenvalue weighted by Crippen LogP contribution is 2.38. The number of amides is 1. The predicted octanol–water partition coefficient (Wildman–Crippen LogP) is 5.13. The Morgan fingerprint density at radius 2 is 1.64 bits per heavy atom. The van der Waals surface area contributed by atoms with Crippen molar-refractivity contribution >= 4 is 34.9 Å². The van der Waals surface area contributed by atoms with Crippen LogP contribution in [0.3, 0.4) is 0 Å². The summed E-state index contributed by atoms with van der Waals surface area (Å²) in [4.78, 5) is 20.2. The summed E-state index contributed by atoms with van der Waals surface area (Å²) in [6, 6.07) is 7.38. The van der Waals surface area contributed by atoms with Crippen molar-refractivity contribution in [3.63, 3.8) is 0 Å². The maximum atomic E-state index is 15.0. The van der Waals surface area contributed by atoms with Gasteiger partial charge in [-0.15, -0.1) is 12.4 Å². The van der Waals surface area contributed by atoms with Gasteiger partial charge in [0.25, 0.3) is 5.91 Å². The minimum Gasteiger partial charge on any atom is -0.496 e. The number of nitrogens with zero attached hydrogens (tertiary/aromatic N) is 2. The smallest absolute Gasteiger partial charge is 0.261 e. The maximum absolute atomic E-state index is 15.0. The van der Waals surface area contributed by atoms with Gasteiger partial charge in [-0.25, -0.2) is 13.8 Å². The number of pyridine rings is 2. The molecule has 9 nitrogen and oxygen atoms in total. The van der Waals surface area contributed by atoms with Gasteiger partial charge in [-0.05, 0) is 19.2 Å². The van der Waals surface area contributed by atoms with E-state index in [0.29, 0.717) is 35.6 Å². The maximum Gasteiger partial charge on any atom is 0.261 e. The lowest BCUT2D eigenvalue weighted by Gasteiger charge is -2.15. The van der Waals surface area contributed by atoms with Crippen LogP contribution in [0.2, 0.25) is 0 Å². The highest BCUT2D eigenvalue weighted by Gasteiger charge is 2.20. The normalized spacial score (nSPS) is 10.5. The molecule has 13 heteroatoms. The number of nitrogens with one attached hydrogen (secondary N) is 2. The molecule has 4 rings (SSSR count). The zero-order valence-electron chi connectivity index (χ0n) is 21.0. The van der Waals surface area contributed by atoms with Gasteiger partial charge in [0.2, 0.25) is 5.95 Å². The monoisotopic (exact) mass is 564 g/mol.